The molecule has 1 rings (SSSR count). The van der Waals surface area contributed by atoms with Crippen LogP contribution in [0, 0.1) is 0 Å². The molecule has 0 aromatic rings. The zero-order valence-corrected chi connectivity index (χ0v) is 2.63. The zero-order valence-electron chi connectivity index (χ0n) is 2.63. The summed E-state index contributed by atoms with van der Waals surface area (Å²) in [6.07, 6.45) is 3.28. The van der Waals surface area contributed by atoms with Gasteiger partial charge in [-0.1, -0.05) is 0 Å². The Balaban J connectivity index is 2.61. The van der Waals surface area contributed by atoms with Crippen LogP contribution in [0.15, 0.2) is 9.81 Å². The van der Waals surface area contributed by atoms with E-state index in [2.05, 4.69) is 9.81 Å². The normalized spacial score (nSPS) is 16.0. The lowest BCUT2D eigenvalue weighted by Crippen LogP contribution is -1.63. The van der Waals surface area contributed by atoms with Crippen molar-refractivity contribution in [2.75, 3.05) is 0 Å². The van der Waals surface area contributed by atoms with Crippen LogP contribution in [0.3, 0.4) is 0 Å². The van der Waals surface area contributed by atoms with Crippen LogP contribution in [0.4, 0.5) is 0 Å². The minimum Gasteiger partial charge on any atom is -0.322 e. The predicted molar refractivity (Wildman–Crippen MR) is 22.7 cm³/mol. The Hall–Kier alpha value is -0.595. The minimum absolute atomic E-state index is 1.50. The smallest absolute Gasteiger partial charge is 0.322 e. The maximum Gasteiger partial charge on any atom is 0.431 e. The maximum atomic E-state index is 3.61. The number of nitrogens with zero attached hydrogens (tertiary/aromatic N) is 2. The fourth-order valence-corrected chi connectivity index (χ4v) is 0.192. The fraction of sp³-hybridized carbons (Fsp3) is 0. The molecule has 1 radical (unpaired) electrons. The van der Waals surface area contributed by atoms with Gasteiger partial charge in [0.2, 0.25) is 0 Å². The molecule has 1 aliphatic rings. The van der Waals surface area contributed by atoms with Crippen LogP contribution in [0.5, 0.6) is 0 Å². The summed E-state index contributed by atoms with van der Waals surface area (Å²) in [5, 5.41) is 0. The molecule has 0 aromatic heterocycles. The van der Waals surface area contributed by atoms with Crippen LogP contribution in [0.1, 0.15) is 0 Å². The molecular formula is C2H2BN2. The van der Waals surface area contributed by atoms with E-state index >= 15 is 0 Å². The average Bonchev–Trinajstić information content (AvgIpc) is 1.76. The molecule has 0 aromatic carbocycles. The molecule has 0 saturated carbocycles. The van der Waals surface area contributed by atoms with E-state index < -0.39 is 0 Å². The topological polar surface area (TPSA) is 24.7 Å². The van der Waals surface area contributed by atoms with Gasteiger partial charge in [0.05, 0.1) is 0 Å². The maximum absolute atomic E-state index is 3.61. The van der Waals surface area contributed by atoms with Crippen molar-refractivity contribution in [3.05, 3.63) is 0 Å². The lowest BCUT2D eigenvalue weighted by Gasteiger charge is -1.53. The molecule has 0 atom stereocenters. The van der Waals surface area contributed by atoms with Gasteiger partial charge in [0.25, 0.3) is 0 Å². The van der Waals surface area contributed by atoms with Crippen molar-refractivity contribution in [2.24, 2.45) is 9.81 Å². The summed E-state index contributed by atoms with van der Waals surface area (Å²) in [6, 6.07) is 0. The Morgan fingerprint density at radius 2 is 1.80 bits per heavy atom. The molecule has 23 valence electrons. The highest BCUT2D eigenvalue weighted by Gasteiger charge is 1.80. The molecule has 0 amide bonds. The van der Waals surface area contributed by atoms with Crippen molar-refractivity contribution in [3.63, 3.8) is 0 Å². The quantitative estimate of drug-likeness (QED) is 0.345. The Bertz CT molecular complexity index is 65.7. The first-order valence-electron chi connectivity index (χ1n) is 1.37. The number of rotatable bonds is 0. The second kappa shape index (κ2) is 1.01. The Morgan fingerprint density at radius 1 is 1.20 bits per heavy atom. The molecule has 1 heterocycles. The van der Waals surface area contributed by atoms with E-state index in [1.165, 1.54) is 7.55 Å². The van der Waals surface area contributed by atoms with Crippen molar-refractivity contribution >= 4 is 20.0 Å². The molecule has 0 fully saturated rings. The first-order valence-corrected chi connectivity index (χ1v) is 1.37. The van der Waals surface area contributed by atoms with E-state index in [1.807, 2.05) is 0 Å². The number of hydrogen-bond donors (Lipinski definition) is 0. The van der Waals surface area contributed by atoms with Crippen molar-refractivity contribution in [2.45, 2.75) is 0 Å². The van der Waals surface area contributed by atoms with E-state index in [1.54, 1.807) is 12.4 Å². The molecule has 0 saturated heterocycles. The largest absolute Gasteiger partial charge is 0.431 e. The summed E-state index contributed by atoms with van der Waals surface area (Å²) in [5.41, 5.74) is 0. The molecule has 3 heteroatoms. The molecule has 0 aliphatic carbocycles. The second-order valence-corrected chi connectivity index (χ2v) is 0.712. The van der Waals surface area contributed by atoms with Gasteiger partial charge in [0, 0.05) is 12.4 Å². The van der Waals surface area contributed by atoms with Gasteiger partial charge in [-0.05, 0) is 0 Å². The molecule has 0 bridgehead atoms. The van der Waals surface area contributed by atoms with Crippen molar-refractivity contribution < 1.29 is 0 Å². The molecular weight excluding hydrogens is 62.8 g/mol. The molecule has 2 nitrogen and oxygen atoms in total. The van der Waals surface area contributed by atoms with Gasteiger partial charge in [-0.25, -0.2) is 0 Å². The Morgan fingerprint density at radius 3 is 2.00 bits per heavy atom. The standard InChI is InChI=1S/C2H2BN2/c1-2-5-3-4-1/h1-2H. The average molecular weight is 64.9 g/mol. The van der Waals surface area contributed by atoms with E-state index in [4.69, 9.17) is 0 Å². The van der Waals surface area contributed by atoms with Gasteiger partial charge in [-0.15, -0.1) is 0 Å². The van der Waals surface area contributed by atoms with Gasteiger partial charge < -0.3 is 9.81 Å². The third-order valence-corrected chi connectivity index (χ3v) is 0.372. The van der Waals surface area contributed by atoms with Gasteiger partial charge >= 0.3 is 7.55 Å². The Kier molecular flexibility index (Phi) is 0.534. The molecule has 5 heavy (non-hydrogen) atoms. The van der Waals surface area contributed by atoms with E-state index in [0.717, 1.165) is 0 Å². The summed E-state index contributed by atoms with van der Waals surface area (Å²) in [6.45, 7) is 0. The van der Waals surface area contributed by atoms with Crippen LogP contribution in [-0.4, -0.2) is 20.0 Å². The molecule has 0 spiro atoms. The highest BCUT2D eigenvalue weighted by molar-refractivity contribution is 6.45. The Labute approximate surface area is 30.9 Å². The van der Waals surface area contributed by atoms with Crippen molar-refractivity contribution in [1.82, 2.24) is 0 Å². The first-order chi connectivity index (χ1) is 2.50. The second-order valence-electron chi connectivity index (χ2n) is 0.712. The highest BCUT2D eigenvalue weighted by Crippen LogP contribution is 1.68. The third kappa shape index (κ3) is 0.346. The van der Waals surface area contributed by atoms with Crippen LogP contribution in [-0.2, 0) is 0 Å². The van der Waals surface area contributed by atoms with E-state index in [-0.39, 0.29) is 0 Å². The van der Waals surface area contributed by atoms with Gasteiger partial charge in [0.15, 0.2) is 0 Å². The summed E-state index contributed by atoms with van der Waals surface area (Å²) < 4.78 is 0. The van der Waals surface area contributed by atoms with Crippen molar-refractivity contribution in [3.8, 4) is 0 Å². The lowest BCUT2D eigenvalue weighted by molar-refractivity contribution is 1.80. The van der Waals surface area contributed by atoms with Gasteiger partial charge in [-0.3, -0.25) is 0 Å². The lowest BCUT2D eigenvalue weighted by atomic mass is 10.3. The van der Waals surface area contributed by atoms with Gasteiger partial charge in [0.1, 0.15) is 0 Å². The highest BCUT2D eigenvalue weighted by atomic mass is 14.8. The fourth-order valence-electron chi connectivity index (χ4n) is 0.192. The van der Waals surface area contributed by atoms with Crippen molar-refractivity contribution in [1.29, 1.82) is 0 Å². The summed E-state index contributed by atoms with van der Waals surface area (Å²) >= 11 is 0. The first kappa shape index (κ1) is 2.63. The summed E-state index contributed by atoms with van der Waals surface area (Å²) in [7, 11) is 1.50. The molecule has 0 N–H and O–H groups in total. The SMILES string of the molecule is [B]1N=CC=N1. The van der Waals surface area contributed by atoms with Crippen LogP contribution in [0.2, 0.25) is 0 Å². The number of hydrogen-bond acceptors (Lipinski definition) is 2. The van der Waals surface area contributed by atoms with Gasteiger partial charge in [-0.2, -0.15) is 0 Å². The monoisotopic (exact) mass is 65.0 g/mol. The predicted octanol–water partition coefficient (Wildman–Crippen LogP) is -0.324. The van der Waals surface area contributed by atoms with Crippen LogP contribution < -0.4 is 0 Å². The van der Waals surface area contributed by atoms with E-state index in [9.17, 15) is 0 Å². The zero-order chi connectivity index (χ0) is 3.54. The molecule has 1 aliphatic heterocycles. The minimum atomic E-state index is 1.50. The summed E-state index contributed by atoms with van der Waals surface area (Å²) in [4.78, 5) is 7.22. The van der Waals surface area contributed by atoms with Crippen LogP contribution >= 0.6 is 0 Å². The third-order valence-electron chi connectivity index (χ3n) is 0.372. The van der Waals surface area contributed by atoms with E-state index in [0.29, 0.717) is 0 Å². The summed E-state index contributed by atoms with van der Waals surface area (Å²) in [5.74, 6) is 0. The van der Waals surface area contributed by atoms with Crippen LogP contribution in [0.25, 0.3) is 0 Å². The molecule has 0 unspecified atom stereocenters.